The van der Waals surface area contributed by atoms with Gasteiger partial charge in [0, 0.05) is 29.6 Å². The van der Waals surface area contributed by atoms with Crippen LogP contribution in [-0.2, 0) is 0 Å². The van der Waals surface area contributed by atoms with Crippen LogP contribution in [0.3, 0.4) is 0 Å². The topological polar surface area (TPSA) is 81.2 Å². The van der Waals surface area contributed by atoms with Crippen LogP contribution in [0.1, 0.15) is 0 Å². The van der Waals surface area contributed by atoms with Crippen molar-refractivity contribution in [1.29, 1.82) is 5.41 Å². The first-order valence-electron chi connectivity index (χ1n) is 6.75. The molecule has 0 amide bonds. The van der Waals surface area contributed by atoms with E-state index in [0.29, 0.717) is 10.5 Å². The first-order valence-corrected chi connectivity index (χ1v) is 7.57. The molecule has 0 unspecified atom stereocenters. The lowest BCUT2D eigenvalue weighted by molar-refractivity contribution is -0.384. The number of aromatic nitrogens is 1. The second-order valence-electron chi connectivity index (χ2n) is 4.74. The molecule has 1 N–H and O–H groups in total. The monoisotopic (exact) mass is 327 g/mol. The molecule has 0 spiro atoms. The molecule has 3 aromatic rings. The van der Waals surface area contributed by atoms with Crippen LogP contribution >= 0.6 is 11.3 Å². The number of hydrogen-bond donors (Lipinski definition) is 1. The van der Waals surface area contributed by atoms with Gasteiger partial charge >= 0.3 is 0 Å². The number of benzene rings is 2. The lowest BCUT2D eigenvalue weighted by Gasteiger charge is -2.05. The van der Waals surface area contributed by atoms with Crippen LogP contribution < -0.4 is 9.54 Å². The minimum Gasteiger partial charge on any atom is -0.496 e. The highest BCUT2D eigenvalue weighted by atomic mass is 32.1. The van der Waals surface area contributed by atoms with Crippen molar-refractivity contribution in [3.8, 4) is 21.9 Å². The molecule has 1 aromatic heterocycles. The second-order valence-corrected chi connectivity index (χ2v) is 5.78. The van der Waals surface area contributed by atoms with Gasteiger partial charge in [0.1, 0.15) is 5.75 Å². The van der Waals surface area contributed by atoms with Crippen LogP contribution in [0, 0.1) is 15.5 Å². The molecule has 0 saturated heterocycles. The lowest BCUT2D eigenvalue weighted by atomic mass is 10.2. The number of non-ortho nitro benzene ring substituents is 1. The Labute approximate surface area is 135 Å². The Balaban J connectivity index is 2.04. The summed E-state index contributed by atoms with van der Waals surface area (Å²) in [5.41, 5.74) is 1.65. The number of nitrogens with zero attached hydrogens (tertiary/aromatic N) is 2. The molecule has 0 radical (unpaired) electrons. The van der Waals surface area contributed by atoms with E-state index in [-0.39, 0.29) is 5.69 Å². The summed E-state index contributed by atoms with van der Waals surface area (Å²) in [5.74, 6) is 0.740. The van der Waals surface area contributed by atoms with Gasteiger partial charge in [-0.15, -0.1) is 0 Å². The molecule has 0 aliphatic heterocycles. The van der Waals surface area contributed by atoms with Crippen molar-refractivity contribution in [3.05, 3.63) is 69.6 Å². The number of hydrogen-bond acceptors (Lipinski definition) is 5. The third-order valence-corrected chi connectivity index (χ3v) is 4.32. The van der Waals surface area contributed by atoms with Gasteiger partial charge in [-0.1, -0.05) is 23.5 Å². The molecule has 2 aromatic carbocycles. The second kappa shape index (κ2) is 6.05. The van der Waals surface area contributed by atoms with Crippen LogP contribution in [0.15, 0.2) is 54.7 Å². The first-order chi connectivity index (χ1) is 11.1. The Bertz CT molecular complexity index is 913. The summed E-state index contributed by atoms with van der Waals surface area (Å²) in [4.78, 5) is 11.5. The summed E-state index contributed by atoms with van der Waals surface area (Å²) >= 11 is 1.32. The first kappa shape index (κ1) is 15.0. The van der Waals surface area contributed by atoms with Gasteiger partial charge < -0.3 is 4.74 Å². The summed E-state index contributed by atoms with van der Waals surface area (Å²) in [5, 5.41) is 18.9. The highest BCUT2D eigenvalue weighted by Gasteiger charge is 2.11. The normalized spacial score (nSPS) is 10.5. The van der Waals surface area contributed by atoms with Crippen LogP contribution in [0.2, 0.25) is 0 Å². The fourth-order valence-electron chi connectivity index (χ4n) is 2.26. The molecule has 0 saturated carbocycles. The molecule has 0 atom stereocenters. The van der Waals surface area contributed by atoms with Gasteiger partial charge in [-0.3, -0.25) is 20.1 Å². The minimum absolute atomic E-state index is 0.0288. The molecule has 1 heterocycles. The molecule has 0 aliphatic carbocycles. The van der Waals surface area contributed by atoms with Crippen LogP contribution in [0.5, 0.6) is 5.75 Å². The molecule has 3 rings (SSSR count). The average Bonchev–Trinajstić information content (AvgIpc) is 2.96. The zero-order valence-electron chi connectivity index (χ0n) is 12.2. The Morgan fingerprint density at radius 1 is 1.17 bits per heavy atom. The van der Waals surface area contributed by atoms with Gasteiger partial charge in [0.15, 0.2) is 4.80 Å². The van der Waals surface area contributed by atoms with E-state index in [1.807, 2.05) is 30.5 Å². The highest BCUT2D eigenvalue weighted by molar-refractivity contribution is 7.12. The number of para-hydroxylation sites is 1. The molecule has 7 heteroatoms. The van der Waals surface area contributed by atoms with Crippen molar-refractivity contribution in [2.45, 2.75) is 0 Å². The van der Waals surface area contributed by atoms with Gasteiger partial charge in [0.2, 0.25) is 0 Å². The largest absolute Gasteiger partial charge is 0.496 e. The number of nitro groups is 1. The van der Waals surface area contributed by atoms with E-state index in [9.17, 15) is 10.1 Å². The van der Waals surface area contributed by atoms with Crippen LogP contribution in [-0.4, -0.2) is 16.6 Å². The molecule has 0 aliphatic rings. The summed E-state index contributed by atoms with van der Waals surface area (Å²) < 4.78 is 7.05. The number of methoxy groups -OCH3 is 1. The fourth-order valence-corrected chi connectivity index (χ4v) is 3.16. The molecular formula is C16H13N3O3S. The Hall–Kier alpha value is -2.93. The smallest absolute Gasteiger partial charge is 0.269 e. The van der Waals surface area contributed by atoms with Crippen molar-refractivity contribution >= 4 is 17.0 Å². The van der Waals surface area contributed by atoms with E-state index in [0.717, 1.165) is 16.2 Å². The number of nitro benzene ring substituents is 1. The van der Waals surface area contributed by atoms with Crippen LogP contribution in [0.4, 0.5) is 5.69 Å². The molecule has 23 heavy (non-hydrogen) atoms. The van der Waals surface area contributed by atoms with E-state index in [4.69, 9.17) is 10.1 Å². The van der Waals surface area contributed by atoms with E-state index < -0.39 is 4.92 Å². The van der Waals surface area contributed by atoms with E-state index in [1.165, 1.54) is 23.5 Å². The van der Waals surface area contributed by atoms with Gasteiger partial charge in [-0.05, 0) is 24.3 Å². The molecule has 116 valence electrons. The van der Waals surface area contributed by atoms with Crippen molar-refractivity contribution in [1.82, 2.24) is 4.57 Å². The maximum absolute atomic E-state index is 10.7. The Morgan fingerprint density at radius 3 is 2.52 bits per heavy atom. The van der Waals surface area contributed by atoms with E-state index in [2.05, 4.69) is 0 Å². The number of nitrogens with one attached hydrogen (secondary N) is 1. The quantitative estimate of drug-likeness (QED) is 0.587. The van der Waals surface area contributed by atoms with Crippen molar-refractivity contribution in [2.75, 3.05) is 7.11 Å². The zero-order valence-corrected chi connectivity index (χ0v) is 13.0. The SMILES string of the molecule is COc1ccccc1-c1cn(-c2ccc([N+](=O)[O-])cc2)c(=N)s1. The maximum atomic E-state index is 10.7. The fraction of sp³-hybridized carbons (Fsp3) is 0.0625. The van der Waals surface area contributed by atoms with Crippen LogP contribution in [0.25, 0.3) is 16.1 Å². The summed E-state index contributed by atoms with van der Waals surface area (Å²) in [7, 11) is 1.61. The van der Waals surface area contributed by atoms with Gasteiger partial charge in [-0.2, -0.15) is 0 Å². The molecular weight excluding hydrogens is 314 g/mol. The predicted octanol–water partition coefficient (Wildman–Crippen LogP) is 3.60. The zero-order chi connectivity index (χ0) is 16.4. The lowest BCUT2D eigenvalue weighted by Crippen LogP contribution is -2.09. The number of ether oxygens (including phenoxy) is 1. The molecule has 6 nitrogen and oxygen atoms in total. The van der Waals surface area contributed by atoms with Crippen molar-refractivity contribution in [3.63, 3.8) is 0 Å². The maximum Gasteiger partial charge on any atom is 0.269 e. The average molecular weight is 327 g/mol. The Kier molecular flexibility index (Phi) is 3.94. The minimum atomic E-state index is -0.441. The predicted molar refractivity (Wildman–Crippen MR) is 88.1 cm³/mol. The van der Waals surface area contributed by atoms with Crippen molar-refractivity contribution in [2.24, 2.45) is 0 Å². The molecule has 0 bridgehead atoms. The van der Waals surface area contributed by atoms with Gasteiger partial charge in [0.25, 0.3) is 5.69 Å². The standard InChI is InChI=1S/C16H13N3O3S/c1-22-14-5-3-2-4-13(14)15-10-18(16(17)23-15)11-6-8-12(9-7-11)19(20)21/h2-10,17H,1H3. The number of rotatable bonds is 4. The summed E-state index contributed by atoms with van der Waals surface area (Å²) in [6, 6.07) is 13.7. The van der Waals surface area contributed by atoms with E-state index >= 15 is 0 Å². The van der Waals surface area contributed by atoms with Crippen molar-refractivity contribution < 1.29 is 9.66 Å². The molecule has 0 fully saturated rings. The summed E-state index contributed by atoms with van der Waals surface area (Å²) in [6.07, 6.45) is 1.84. The summed E-state index contributed by atoms with van der Waals surface area (Å²) in [6.45, 7) is 0. The van der Waals surface area contributed by atoms with Gasteiger partial charge in [0.05, 0.1) is 16.9 Å². The Morgan fingerprint density at radius 2 is 1.87 bits per heavy atom. The van der Waals surface area contributed by atoms with E-state index in [1.54, 1.807) is 23.8 Å². The van der Waals surface area contributed by atoms with Gasteiger partial charge in [-0.25, -0.2) is 0 Å². The third-order valence-electron chi connectivity index (χ3n) is 3.38. The highest BCUT2D eigenvalue weighted by Crippen LogP contribution is 2.31. The third kappa shape index (κ3) is 2.86. The number of thiazole rings is 1.